The van der Waals surface area contributed by atoms with Gasteiger partial charge in [0.1, 0.15) is 0 Å². The van der Waals surface area contributed by atoms with E-state index in [1.165, 1.54) is 32.2 Å². The molecule has 1 fully saturated rings. The molecule has 28 heavy (non-hydrogen) atoms. The lowest BCUT2D eigenvalue weighted by Gasteiger charge is -2.34. The van der Waals surface area contributed by atoms with Crippen LogP contribution in [-0.4, -0.2) is 62.1 Å². The van der Waals surface area contributed by atoms with E-state index in [0.29, 0.717) is 18.7 Å². The SMILES string of the molecule is CCNC(=NCCN1CCCCC1CC)NCCNC(=O)c1ccccc1.I. The molecule has 1 amide bonds. The summed E-state index contributed by atoms with van der Waals surface area (Å²) in [7, 11) is 0. The molecule has 0 bridgehead atoms. The maximum absolute atomic E-state index is 12.0. The van der Waals surface area contributed by atoms with E-state index >= 15 is 0 Å². The molecule has 0 radical (unpaired) electrons. The van der Waals surface area contributed by atoms with Crippen molar-refractivity contribution in [1.29, 1.82) is 0 Å². The van der Waals surface area contributed by atoms with Crippen LogP contribution < -0.4 is 16.0 Å². The van der Waals surface area contributed by atoms with Crippen molar-refractivity contribution in [2.75, 3.05) is 39.3 Å². The van der Waals surface area contributed by atoms with Crippen molar-refractivity contribution >= 4 is 35.8 Å². The fourth-order valence-electron chi connectivity index (χ4n) is 3.50. The number of carbonyl (C=O) groups is 1. The maximum Gasteiger partial charge on any atom is 0.251 e. The highest BCUT2D eigenvalue weighted by molar-refractivity contribution is 14.0. The van der Waals surface area contributed by atoms with Gasteiger partial charge in [-0.15, -0.1) is 24.0 Å². The minimum absolute atomic E-state index is 0. The van der Waals surface area contributed by atoms with Crippen LogP contribution in [0.5, 0.6) is 0 Å². The Kier molecular flexibility index (Phi) is 12.9. The first-order valence-corrected chi connectivity index (χ1v) is 10.3. The van der Waals surface area contributed by atoms with Crippen LogP contribution in [0.1, 0.15) is 49.9 Å². The predicted octanol–water partition coefficient (Wildman–Crippen LogP) is 2.85. The van der Waals surface area contributed by atoms with Gasteiger partial charge >= 0.3 is 0 Å². The molecule has 0 spiro atoms. The first-order chi connectivity index (χ1) is 13.2. The third-order valence-electron chi connectivity index (χ3n) is 4.96. The molecule has 1 aromatic carbocycles. The molecular formula is C21H36IN5O. The number of likely N-dealkylation sites (tertiary alicyclic amines) is 1. The highest BCUT2D eigenvalue weighted by atomic mass is 127. The molecule has 7 heteroatoms. The number of halogens is 1. The Balaban J connectivity index is 0.00000392. The summed E-state index contributed by atoms with van der Waals surface area (Å²) in [5.41, 5.74) is 0.685. The van der Waals surface area contributed by atoms with Crippen LogP contribution in [0.3, 0.4) is 0 Å². The molecule has 1 aliphatic heterocycles. The monoisotopic (exact) mass is 501 g/mol. The predicted molar refractivity (Wildman–Crippen MR) is 128 cm³/mol. The van der Waals surface area contributed by atoms with Gasteiger partial charge in [0.25, 0.3) is 5.91 Å². The van der Waals surface area contributed by atoms with Gasteiger partial charge in [0.15, 0.2) is 5.96 Å². The van der Waals surface area contributed by atoms with Gasteiger partial charge in [-0.3, -0.25) is 14.7 Å². The van der Waals surface area contributed by atoms with Crippen LogP contribution in [0, 0.1) is 0 Å². The molecule has 1 saturated heterocycles. The molecule has 2 rings (SSSR count). The molecule has 3 N–H and O–H groups in total. The minimum Gasteiger partial charge on any atom is -0.357 e. The summed E-state index contributed by atoms with van der Waals surface area (Å²) in [6, 6.07) is 10.0. The Morgan fingerprint density at radius 3 is 2.57 bits per heavy atom. The Morgan fingerprint density at radius 1 is 1.11 bits per heavy atom. The van der Waals surface area contributed by atoms with E-state index in [1.807, 2.05) is 30.3 Å². The van der Waals surface area contributed by atoms with Gasteiger partial charge in [-0.25, -0.2) is 0 Å². The van der Waals surface area contributed by atoms with Gasteiger partial charge in [-0.2, -0.15) is 0 Å². The van der Waals surface area contributed by atoms with Crippen LogP contribution in [0.25, 0.3) is 0 Å². The summed E-state index contributed by atoms with van der Waals surface area (Å²) in [5.74, 6) is 0.770. The number of nitrogens with one attached hydrogen (secondary N) is 3. The summed E-state index contributed by atoms with van der Waals surface area (Å²) in [4.78, 5) is 19.3. The van der Waals surface area contributed by atoms with Gasteiger partial charge in [0.05, 0.1) is 6.54 Å². The molecule has 0 saturated carbocycles. The summed E-state index contributed by atoms with van der Waals surface area (Å²) in [5, 5.41) is 9.49. The van der Waals surface area contributed by atoms with Gasteiger partial charge in [0.2, 0.25) is 0 Å². The lowest BCUT2D eigenvalue weighted by molar-refractivity contribution is 0.0954. The van der Waals surface area contributed by atoms with Crippen molar-refractivity contribution < 1.29 is 4.79 Å². The highest BCUT2D eigenvalue weighted by Gasteiger charge is 2.19. The van der Waals surface area contributed by atoms with Gasteiger partial charge < -0.3 is 16.0 Å². The van der Waals surface area contributed by atoms with Crippen LogP contribution in [0.2, 0.25) is 0 Å². The first-order valence-electron chi connectivity index (χ1n) is 10.3. The van der Waals surface area contributed by atoms with Gasteiger partial charge in [0, 0.05) is 37.8 Å². The Morgan fingerprint density at radius 2 is 1.86 bits per heavy atom. The molecule has 1 aromatic rings. The van der Waals surface area contributed by atoms with Crippen molar-refractivity contribution in [2.45, 2.75) is 45.6 Å². The number of aliphatic imine (C=N–C) groups is 1. The van der Waals surface area contributed by atoms with Gasteiger partial charge in [-0.05, 0) is 44.9 Å². The van der Waals surface area contributed by atoms with E-state index in [-0.39, 0.29) is 29.9 Å². The smallest absolute Gasteiger partial charge is 0.251 e. The molecule has 1 heterocycles. The van der Waals surface area contributed by atoms with Crippen molar-refractivity contribution in [3.8, 4) is 0 Å². The van der Waals surface area contributed by atoms with Gasteiger partial charge in [-0.1, -0.05) is 31.5 Å². The quantitative estimate of drug-likeness (QED) is 0.211. The van der Waals surface area contributed by atoms with E-state index in [1.54, 1.807) is 0 Å². The molecular weight excluding hydrogens is 465 g/mol. The zero-order valence-electron chi connectivity index (χ0n) is 17.2. The largest absolute Gasteiger partial charge is 0.357 e. The molecule has 6 nitrogen and oxygen atoms in total. The number of guanidine groups is 1. The molecule has 0 aromatic heterocycles. The van der Waals surface area contributed by atoms with E-state index in [4.69, 9.17) is 4.99 Å². The van der Waals surface area contributed by atoms with Crippen LogP contribution in [-0.2, 0) is 0 Å². The van der Waals surface area contributed by atoms with E-state index in [2.05, 4.69) is 34.7 Å². The summed E-state index contributed by atoms with van der Waals surface area (Å²) >= 11 is 0. The second-order valence-electron chi connectivity index (χ2n) is 6.90. The number of carbonyl (C=O) groups excluding carboxylic acids is 1. The normalized spacial score (nSPS) is 17.5. The number of rotatable bonds is 9. The number of piperidine rings is 1. The average Bonchev–Trinajstić information content (AvgIpc) is 2.72. The highest BCUT2D eigenvalue weighted by Crippen LogP contribution is 2.18. The Bertz CT molecular complexity index is 581. The number of benzene rings is 1. The topological polar surface area (TPSA) is 68.8 Å². The van der Waals surface area contributed by atoms with Crippen LogP contribution in [0.4, 0.5) is 0 Å². The van der Waals surface area contributed by atoms with E-state index in [9.17, 15) is 4.79 Å². The molecule has 158 valence electrons. The van der Waals surface area contributed by atoms with Crippen LogP contribution >= 0.6 is 24.0 Å². The number of hydrogen-bond donors (Lipinski definition) is 3. The van der Waals surface area contributed by atoms with Crippen molar-refractivity contribution in [3.05, 3.63) is 35.9 Å². The zero-order chi connectivity index (χ0) is 19.3. The maximum atomic E-state index is 12.0. The fraction of sp³-hybridized carbons (Fsp3) is 0.619. The Labute approximate surface area is 187 Å². The first kappa shape index (κ1) is 24.7. The zero-order valence-corrected chi connectivity index (χ0v) is 19.6. The van der Waals surface area contributed by atoms with Crippen molar-refractivity contribution in [2.24, 2.45) is 4.99 Å². The van der Waals surface area contributed by atoms with E-state index in [0.717, 1.165) is 31.6 Å². The lowest BCUT2D eigenvalue weighted by Crippen LogP contribution is -2.43. The third kappa shape index (κ3) is 8.77. The second-order valence-corrected chi connectivity index (χ2v) is 6.90. The minimum atomic E-state index is -0.0463. The average molecular weight is 501 g/mol. The van der Waals surface area contributed by atoms with Crippen LogP contribution in [0.15, 0.2) is 35.3 Å². The molecule has 1 atom stereocenters. The standard InChI is InChI=1S/C21H35N5O.HI/c1-3-19-12-8-9-16-26(19)17-15-25-21(22-4-2)24-14-13-23-20(27)18-10-6-5-7-11-18;/h5-7,10-11,19H,3-4,8-9,12-17H2,1-2H3,(H,23,27)(H2,22,24,25);1H. The molecule has 1 unspecified atom stereocenters. The summed E-state index contributed by atoms with van der Waals surface area (Å²) < 4.78 is 0. The second kappa shape index (κ2) is 14.6. The molecule has 0 aliphatic carbocycles. The fourth-order valence-corrected chi connectivity index (χ4v) is 3.50. The number of hydrogen-bond acceptors (Lipinski definition) is 3. The van der Waals surface area contributed by atoms with Crippen molar-refractivity contribution in [1.82, 2.24) is 20.9 Å². The lowest BCUT2D eigenvalue weighted by atomic mass is 10.0. The Hall–Kier alpha value is -1.35. The van der Waals surface area contributed by atoms with Crippen molar-refractivity contribution in [3.63, 3.8) is 0 Å². The molecule has 1 aliphatic rings. The summed E-state index contributed by atoms with van der Waals surface area (Å²) in [6.07, 6.45) is 5.21. The summed E-state index contributed by atoms with van der Waals surface area (Å²) in [6.45, 7) is 9.37. The van der Waals surface area contributed by atoms with E-state index < -0.39 is 0 Å². The number of nitrogens with zero attached hydrogens (tertiary/aromatic N) is 2. The number of amides is 1. The third-order valence-corrected chi connectivity index (χ3v) is 4.96.